The van der Waals surface area contributed by atoms with Crippen molar-refractivity contribution >= 4 is 11.9 Å². The first-order valence-electron chi connectivity index (χ1n) is 5.24. The predicted octanol–water partition coefficient (Wildman–Crippen LogP) is 0.119. The summed E-state index contributed by atoms with van der Waals surface area (Å²) < 4.78 is 4.39. The molecule has 0 amide bonds. The average molecular weight is 238 g/mol. The lowest BCUT2D eigenvalue weighted by molar-refractivity contribution is -0.166. The Labute approximate surface area is 101 Å². The van der Waals surface area contributed by atoms with E-state index >= 15 is 0 Å². The molecule has 2 atom stereocenters. The van der Waals surface area contributed by atoms with Crippen LogP contribution < -0.4 is 5.73 Å². The van der Waals surface area contributed by atoms with Gasteiger partial charge in [-0.05, 0) is 18.9 Å². The third-order valence-corrected chi connectivity index (χ3v) is 2.14. The topological polar surface area (TPSA) is 89.6 Å². The molecular weight excluding hydrogens is 222 g/mol. The van der Waals surface area contributed by atoms with Crippen molar-refractivity contribution in [3.05, 3.63) is 35.9 Å². The fourth-order valence-corrected chi connectivity index (χ4v) is 1.21. The highest BCUT2D eigenvalue weighted by Gasteiger charge is 2.21. The number of carbonyl (C=O) groups is 2. The second-order valence-corrected chi connectivity index (χ2v) is 3.71. The molecule has 1 unspecified atom stereocenters. The van der Waals surface area contributed by atoms with E-state index in [1.807, 2.05) is 30.3 Å². The quantitative estimate of drug-likeness (QED) is 0.574. The zero-order chi connectivity index (χ0) is 12.8. The van der Waals surface area contributed by atoms with Crippen molar-refractivity contribution in [2.24, 2.45) is 5.73 Å². The molecule has 0 aliphatic carbocycles. The van der Waals surface area contributed by atoms with Gasteiger partial charge in [0, 0.05) is 0 Å². The van der Waals surface area contributed by atoms with Gasteiger partial charge in [-0.2, -0.15) is 0 Å². The van der Waals surface area contributed by atoms with E-state index in [1.54, 1.807) is 0 Å². The summed E-state index contributed by atoms with van der Waals surface area (Å²) in [6.45, 7) is 1.22. The van der Waals surface area contributed by atoms with E-state index in [4.69, 9.17) is 10.8 Å². The van der Waals surface area contributed by atoms with Crippen LogP contribution in [-0.2, 0) is 20.7 Å². The molecule has 5 heteroatoms. The Bertz CT molecular complexity index is 394. The fraction of sp³-hybridized carbons (Fsp3) is 0.333. The normalized spacial score (nSPS) is 13.8. The molecule has 0 bridgehead atoms. The van der Waals surface area contributed by atoms with E-state index < -0.39 is 24.1 Å². The number of carbonyl (C=O) groups excluding carboxylic acids is 2. The molecule has 92 valence electrons. The maximum Gasteiger partial charge on any atom is 1.00 e. The summed E-state index contributed by atoms with van der Waals surface area (Å²) in [5.41, 5.74) is 6.47. The average Bonchev–Trinajstić information content (AvgIpc) is 2.29. The molecule has 0 aliphatic rings. The van der Waals surface area contributed by atoms with Gasteiger partial charge < -0.3 is 15.6 Å². The van der Waals surface area contributed by atoms with Crippen molar-refractivity contribution in [2.45, 2.75) is 25.5 Å². The highest BCUT2D eigenvalue weighted by atomic mass is 16.6. The van der Waals surface area contributed by atoms with Crippen LogP contribution in [0.25, 0.3) is 0 Å². The molecule has 0 saturated heterocycles. The minimum Gasteiger partial charge on any atom is -0.390 e. The summed E-state index contributed by atoms with van der Waals surface area (Å²) in [6, 6.07) is 8.24. The number of benzene rings is 1. The monoisotopic (exact) mass is 238 g/mol. The van der Waals surface area contributed by atoms with E-state index in [0.717, 1.165) is 5.56 Å². The van der Waals surface area contributed by atoms with Crippen molar-refractivity contribution < 1.29 is 20.9 Å². The van der Waals surface area contributed by atoms with Gasteiger partial charge >= 0.3 is 13.4 Å². The third-order valence-electron chi connectivity index (χ3n) is 2.14. The van der Waals surface area contributed by atoms with Gasteiger partial charge in [-0.15, -0.1) is 0 Å². The Kier molecular flexibility index (Phi) is 4.81. The van der Waals surface area contributed by atoms with Gasteiger partial charge in [0.15, 0.2) is 0 Å². The van der Waals surface area contributed by atoms with Crippen molar-refractivity contribution in [1.29, 1.82) is 0 Å². The molecule has 0 spiro atoms. The number of hydrogen-bond donors (Lipinski definition) is 2. The lowest BCUT2D eigenvalue weighted by Gasteiger charge is -2.11. The van der Waals surface area contributed by atoms with E-state index in [0.29, 0.717) is 0 Å². The van der Waals surface area contributed by atoms with E-state index in [1.165, 1.54) is 6.92 Å². The van der Waals surface area contributed by atoms with Crippen LogP contribution in [0.1, 0.15) is 13.9 Å². The summed E-state index contributed by atoms with van der Waals surface area (Å²) in [5, 5.41) is 8.87. The third kappa shape index (κ3) is 4.34. The maximum absolute atomic E-state index is 11.4. The van der Waals surface area contributed by atoms with Crippen LogP contribution in [-0.4, -0.2) is 29.2 Å². The van der Waals surface area contributed by atoms with Gasteiger partial charge in [-0.3, -0.25) is 0 Å². The Balaban J connectivity index is 0.00000289. The predicted molar refractivity (Wildman–Crippen MR) is 62.0 cm³/mol. The number of ether oxygens (including phenoxy) is 1. The molecule has 3 N–H and O–H groups in total. The van der Waals surface area contributed by atoms with Crippen LogP contribution in [0.15, 0.2) is 30.3 Å². The molecule has 0 radical (unpaired) electrons. The van der Waals surface area contributed by atoms with E-state index in [2.05, 4.69) is 4.74 Å². The van der Waals surface area contributed by atoms with E-state index in [9.17, 15) is 9.59 Å². The molecule has 0 fully saturated rings. The largest absolute Gasteiger partial charge is 1.00 e. The highest BCUT2D eigenvalue weighted by molar-refractivity contribution is 5.90. The molecular formula is C12H16NO4+. The number of aliphatic hydroxyl groups is 1. The van der Waals surface area contributed by atoms with Crippen molar-refractivity contribution in [3.8, 4) is 0 Å². The molecule has 5 nitrogen and oxygen atoms in total. The number of nitrogens with two attached hydrogens (primary N) is 1. The summed E-state index contributed by atoms with van der Waals surface area (Å²) in [4.78, 5) is 22.3. The van der Waals surface area contributed by atoms with Crippen LogP contribution in [0.5, 0.6) is 0 Å². The molecule has 0 aromatic heterocycles. The van der Waals surface area contributed by atoms with Crippen LogP contribution >= 0.6 is 0 Å². The molecule has 0 heterocycles. The molecule has 17 heavy (non-hydrogen) atoms. The van der Waals surface area contributed by atoms with Crippen LogP contribution in [0, 0.1) is 0 Å². The van der Waals surface area contributed by atoms with Crippen LogP contribution in [0.2, 0.25) is 0 Å². The van der Waals surface area contributed by atoms with Gasteiger partial charge in [0.2, 0.25) is 0 Å². The lowest BCUT2D eigenvalue weighted by atomic mass is 10.1. The SMILES string of the molecule is CC(O)C(=O)OC(=O)[C@@H](N)Cc1ccccc1.[H+]. The fourth-order valence-electron chi connectivity index (χ4n) is 1.21. The summed E-state index contributed by atoms with van der Waals surface area (Å²) in [6.07, 6.45) is -1.05. The first-order valence-corrected chi connectivity index (χ1v) is 5.24. The first kappa shape index (κ1) is 13.3. The Morgan fingerprint density at radius 2 is 1.94 bits per heavy atom. The second-order valence-electron chi connectivity index (χ2n) is 3.71. The standard InChI is InChI=1S/C12H15NO4/c1-8(14)11(15)17-12(16)10(13)7-9-5-3-2-4-6-9/h2-6,8,10,14H,7,13H2,1H3/p+1/t8?,10-/m0/s1. The molecule has 0 saturated carbocycles. The molecule has 1 rings (SSSR count). The zero-order valence-corrected chi connectivity index (χ0v) is 9.50. The van der Waals surface area contributed by atoms with E-state index in [-0.39, 0.29) is 7.85 Å². The summed E-state index contributed by atoms with van der Waals surface area (Å²) >= 11 is 0. The zero-order valence-electron chi connectivity index (χ0n) is 10.5. The number of esters is 2. The number of rotatable bonds is 4. The van der Waals surface area contributed by atoms with Gasteiger partial charge in [-0.1, -0.05) is 30.3 Å². The van der Waals surface area contributed by atoms with Crippen LogP contribution in [0.4, 0.5) is 0 Å². The smallest absolute Gasteiger partial charge is 0.390 e. The second kappa shape index (κ2) is 6.12. The van der Waals surface area contributed by atoms with Crippen LogP contribution in [0.3, 0.4) is 0 Å². The minimum absolute atomic E-state index is 0. The highest BCUT2D eigenvalue weighted by Crippen LogP contribution is 2.03. The number of aliphatic hydroxyl groups excluding tert-OH is 1. The summed E-state index contributed by atoms with van der Waals surface area (Å²) in [5.74, 6) is -1.82. The van der Waals surface area contributed by atoms with Gasteiger partial charge in [-0.25, -0.2) is 9.59 Å². The van der Waals surface area contributed by atoms with Crippen molar-refractivity contribution in [2.75, 3.05) is 0 Å². The molecule has 1 aromatic rings. The van der Waals surface area contributed by atoms with Crippen molar-refractivity contribution in [1.82, 2.24) is 0 Å². The van der Waals surface area contributed by atoms with Gasteiger partial charge in [0.1, 0.15) is 12.1 Å². The number of hydrogen-bond acceptors (Lipinski definition) is 5. The minimum atomic E-state index is -1.33. The molecule has 0 aliphatic heterocycles. The Morgan fingerprint density at radius 3 is 2.47 bits per heavy atom. The Hall–Kier alpha value is -1.72. The molecule has 1 aromatic carbocycles. The maximum atomic E-state index is 11.4. The first-order chi connectivity index (χ1) is 8.00. The van der Waals surface area contributed by atoms with Crippen molar-refractivity contribution in [3.63, 3.8) is 0 Å². The summed E-state index contributed by atoms with van der Waals surface area (Å²) in [7, 11) is 0. The van der Waals surface area contributed by atoms with Gasteiger partial charge in [0.05, 0.1) is 0 Å². The Morgan fingerprint density at radius 1 is 1.35 bits per heavy atom. The lowest BCUT2D eigenvalue weighted by Crippen LogP contribution is -2.37. The van der Waals surface area contributed by atoms with Gasteiger partial charge in [0.25, 0.3) is 0 Å².